The first-order valence-electron chi connectivity index (χ1n) is 7.24. The van der Waals surface area contributed by atoms with E-state index in [4.69, 9.17) is 4.74 Å². The van der Waals surface area contributed by atoms with Gasteiger partial charge in [0, 0.05) is 25.4 Å². The molecule has 1 fully saturated rings. The fourth-order valence-corrected chi connectivity index (χ4v) is 3.27. The molecule has 0 spiro atoms. The van der Waals surface area contributed by atoms with Crippen LogP contribution in [0.2, 0.25) is 0 Å². The summed E-state index contributed by atoms with van der Waals surface area (Å²) in [5.41, 5.74) is 0.993. The van der Waals surface area contributed by atoms with Gasteiger partial charge < -0.3 is 15.0 Å². The number of anilines is 1. The molecule has 0 radical (unpaired) electrons. The zero-order valence-corrected chi connectivity index (χ0v) is 13.7. The van der Waals surface area contributed by atoms with E-state index in [1.165, 1.54) is 0 Å². The number of methoxy groups -OCH3 is 1. The van der Waals surface area contributed by atoms with E-state index < -0.39 is 21.5 Å². The third-order valence-corrected chi connectivity index (χ3v) is 4.39. The molecule has 1 saturated heterocycles. The molecule has 1 atom stereocenters. The van der Waals surface area contributed by atoms with Crippen molar-refractivity contribution < 1.29 is 17.9 Å². The van der Waals surface area contributed by atoms with Crippen molar-refractivity contribution in [2.24, 2.45) is 0 Å². The Morgan fingerprint density at radius 1 is 1.41 bits per heavy atom. The molecule has 0 saturated carbocycles. The molecular formula is C15H22N2O4S. The molecule has 22 heavy (non-hydrogen) atoms. The first-order valence-corrected chi connectivity index (χ1v) is 9.30. The summed E-state index contributed by atoms with van der Waals surface area (Å²) in [7, 11) is -1.66. The third kappa shape index (κ3) is 4.62. The minimum absolute atomic E-state index is 0.0482. The second-order valence-corrected chi connectivity index (χ2v) is 7.73. The number of carbonyl (C=O) groups is 1. The lowest BCUT2D eigenvalue weighted by Crippen LogP contribution is -2.49. The van der Waals surface area contributed by atoms with Crippen molar-refractivity contribution in [3.8, 4) is 5.75 Å². The molecule has 1 heterocycles. The number of carbonyl (C=O) groups excluding carboxylic acids is 1. The first-order chi connectivity index (χ1) is 10.4. The molecular weight excluding hydrogens is 304 g/mol. The number of piperidine rings is 1. The van der Waals surface area contributed by atoms with Gasteiger partial charge in [0.1, 0.15) is 11.5 Å². The Morgan fingerprint density at radius 2 is 2.14 bits per heavy atom. The largest absolute Gasteiger partial charge is 0.495 e. The smallest absolute Gasteiger partial charge is 0.235 e. The molecule has 1 amide bonds. The molecule has 0 aromatic heterocycles. The second-order valence-electron chi connectivity index (χ2n) is 5.59. The van der Waals surface area contributed by atoms with E-state index in [-0.39, 0.29) is 6.04 Å². The quantitative estimate of drug-likeness (QED) is 0.867. The standard InChI is InChI=1S/C15H22N2O4S/c1-21-14-8-4-3-7-13(14)17-9-5-6-12(10-17)16-15(18)11-22(2,19)20/h3-4,7-8,12H,5-6,9-11H2,1-2H3,(H,16,18)/t12-/m1/s1. The maximum Gasteiger partial charge on any atom is 0.235 e. The number of rotatable bonds is 5. The van der Waals surface area contributed by atoms with Gasteiger partial charge in [-0.25, -0.2) is 8.42 Å². The number of nitrogens with zero attached hydrogens (tertiary/aromatic N) is 1. The van der Waals surface area contributed by atoms with Gasteiger partial charge in [-0.2, -0.15) is 0 Å². The molecule has 2 rings (SSSR count). The Bertz CT molecular complexity index is 630. The van der Waals surface area contributed by atoms with E-state index in [2.05, 4.69) is 10.2 Å². The summed E-state index contributed by atoms with van der Waals surface area (Å²) in [5.74, 6) is -0.0991. The zero-order valence-electron chi connectivity index (χ0n) is 12.9. The predicted molar refractivity (Wildman–Crippen MR) is 86.1 cm³/mol. The molecule has 7 heteroatoms. The zero-order chi connectivity index (χ0) is 16.2. The number of ether oxygens (including phenoxy) is 1. The number of para-hydroxylation sites is 2. The van der Waals surface area contributed by atoms with E-state index in [1.807, 2.05) is 24.3 Å². The lowest BCUT2D eigenvalue weighted by Gasteiger charge is -2.35. The van der Waals surface area contributed by atoms with Crippen molar-refractivity contribution in [2.75, 3.05) is 37.1 Å². The highest BCUT2D eigenvalue weighted by molar-refractivity contribution is 7.91. The van der Waals surface area contributed by atoms with E-state index in [0.717, 1.165) is 37.1 Å². The van der Waals surface area contributed by atoms with Crippen LogP contribution >= 0.6 is 0 Å². The monoisotopic (exact) mass is 326 g/mol. The lowest BCUT2D eigenvalue weighted by atomic mass is 10.0. The average molecular weight is 326 g/mol. The molecule has 1 aromatic carbocycles. The molecule has 0 unspecified atom stereocenters. The van der Waals surface area contributed by atoms with Crippen molar-refractivity contribution in [2.45, 2.75) is 18.9 Å². The van der Waals surface area contributed by atoms with Crippen molar-refractivity contribution >= 4 is 21.4 Å². The van der Waals surface area contributed by atoms with Gasteiger partial charge in [0.25, 0.3) is 0 Å². The number of nitrogens with one attached hydrogen (secondary N) is 1. The highest BCUT2D eigenvalue weighted by Gasteiger charge is 2.24. The second kappa shape index (κ2) is 7.00. The summed E-state index contributed by atoms with van der Waals surface area (Å²) in [5, 5.41) is 2.81. The van der Waals surface area contributed by atoms with Crippen LogP contribution in [0.5, 0.6) is 5.75 Å². The van der Waals surface area contributed by atoms with Crippen LogP contribution in [0.3, 0.4) is 0 Å². The van der Waals surface area contributed by atoms with Crippen molar-refractivity contribution in [3.05, 3.63) is 24.3 Å². The van der Waals surface area contributed by atoms with Gasteiger partial charge in [-0.3, -0.25) is 4.79 Å². The number of amides is 1. The SMILES string of the molecule is COc1ccccc1N1CCC[C@@H](NC(=O)CS(C)(=O)=O)C1. The molecule has 1 aliphatic heterocycles. The van der Waals surface area contributed by atoms with Crippen molar-refractivity contribution in [3.63, 3.8) is 0 Å². The van der Waals surface area contributed by atoms with Gasteiger partial charge in [0.15, 0.2) is 9.84 Å². The number of hydrogen-bond acceptors (Lipinski definition) is 5. The van der Waals surface area contributed by atoms with Crippen LogP contribution in [-0.2, 0) is 14.6 Å². The Balaban J connectivity index is 2.01. The van der Waals surface area contributed by atoms with Gasteiger partial charge >= 0.3 is 0 Å². The minimum atomic E-state index is -3.30. The van der Waals surface area contributed by atoms with Crippen LogP contribution in [0.25, 0.3) is 0 Å². The van der Waals surface area contributed by atoms with Gasteiger partial charge in [0.05, 0.1) is 12.8 Å². The topological polar surface area (TPSA) is 75.7 Å². The van der Waals surface area contributed by atoms with Gasteiger partial charge in [-0.05, 0) is 25.0 Å². The normalized spacial score (nSPS) is 18.8. The molecule has 0 aliphatic carbocycles. The number of benzene rings is 1. The highest BCUT2D eigenvalue weighted by atomic mass is 32.2. The average Bonchev–Trinajstić information content (AvgIpc) is 2.45. The fraction of sp³-hybridized carbons (Fsp3) is 0.533. The van der Waals surface area contributed by atoms with Crippen LogP contribution in [0.1, 0.15) is 12.8 Å². The van der Waals surface area contributed by atoms with Gasteiger partial charge in [-0.15, -0.1) is 0 Å². The summed E-state index contributed by atoms with van der Waals surface area (Å²) in [6.45, 7) is 1.54. The summed E-state index contributed by atoms with van der Waals surface area (Å²) < 4.78 is 27.7. The molecule has 1 N–H and O–H groups in total. The maximum atomic E-state index is 11.8. The Kier molecular flexibility index (Phi) is 5.28. The Morgan fingerprint density at radius 3 is 2.82 bits per heavy atom. The number of sulfone groups is 1. The van der Waals surface area contributed by atoms with Crippen LogP contribution in [0, 0.1) is 0 Å². The molecule has 1 aromatic rings. The summed E-state index contributed by atoms with van der Waals surface area (Å²) in [6, 6.07) is 7.70. The summed E-state index contributed by atoms with van der Waals surface area (Å²) >= 11 is 0. The molecule has 1 aliphatic rings. The van der Waals surface area contributed by atoms with Crippen LogP contribution < -0.4 is 15.0 Å². The number of hydrogen-bond donors (Lipinski definition) is 1. The summed E-state index contributed by atoms with van der Waals surface area (Å²) in [4.78, 5) is 13.9. The van der Waals surface area contributed by atoms with E-state index >= 15 is 0 Å². The van der Waals surface area contributed by atoms with E-state index in [1.54, 1.807) is 7.11 Å². The Labute approximate surface area is 131 Å². The van der Waals surface area contributed by atoms with Gasteiger partial charge in [0.2, 0.25) is 5.91 Å². The first kappa shape index (κ1) is 16.6. The minimum Gasteiger partial charge on any atom is -0.495 e. The van der Waals surface area contributed by atoms with Gasteiger partial charge in [-0.1, -0.05) is 12.1 Å². The van der Waals surface area contributed by atoms with E-state index in [0.29, 0.717) is 6.54 Å². The fourth-order valence-electron chi connectivity index (χ4n) is 2.71. The molecule has 0 bridgehead atoms. The lowest BCUT2D eigenvalue weighted by molar-refractivity contribution is -0.119. The van der Waals surface area contributed by atoms with Crippen LogP contribution in [-0.4, -0.2) is 52.6 Å². The maximum absolute atomic E-state index is 11.8. The Hall–Kier alpha value is -1.76. The molecule has 6 nitrogen and oxygen atoms in total. The van der Waals surface area contributed by atoms with Crippen LogP contribution in [0.15, 0.2) is 24.3 Å². The highest BCUT2D eigenvalue weighted by Crippen LogP contribution is 2.29. The van der Waals surface area contributed by atoms with Crippen LogP contribution in [0.4, 0.5) is 5.69 Å². The predicted octanol–water partition coefficient (Wildman–Crippen LogP) is 0.825. The molecule has 122 valence electrons. The van der Waals surface area contributed by atoms with E-state index in [9.17, 15) is 13.2 Å². The third-order valence-electron chi connectivity index (χ3n) is 3.61. The van der Waals surface area contributed by atoms with Crippen molar-refractivity contribution in [1.82, 2.24) is 5.32 Å². The summed E-state index contributed by atoms with van der Waals surface area (Å²) in [6.07, 6.45) is 2.84. The van der Waals surface area contributed by atoms with Crippen molar-refractivity contribution in [1.29, 1.82) is 0 Å².